The molecule has 0 bridgehead atoms. The predicted octanol–water partition coefficient (Wildman–Crippen LogP) is 7.25. The summed E-state index contributed by atoms with van der Waals surface area (Å²) in [7, 11) is -2.84. The van der Waals surface area contributed by atoms with Crippen LogP contribution in [0.25, 0.3) is 0 Å². The molecule has 2 atom stereocenters. The number of aryl methyl sites for hydroxylation is 2. The molecule has 0 fully saturated rings. The van der Waals surface area contributed by atoms with E-state index in [4.69, 9.17) is 11.6 Å². The van der Waals surface area contributed by atoms with Gasteiger partial charge in [0.1, 0.15) is 5.82 Å². The van der Waals surface area contributed by atoms with Crippen LogP contribution in [0.15, 0.2) is 54.6 Å². The summed E-state index contributed by atoms with van der Waals surface area (Å²) in [5.41, 5.74) is 5.12. The highest BCUT2D eigenvalue weighted by atomic mass is 35.5. The normalized spacial score (nSPS) is 16.6. The van der Waals surface area contributed by atoms with Crippen molar-refractivity contribution in [2.24, 2.45) is 0 Å². The second-order valence-electron chi connectivity index (χ2n) is 12.8. The highest BCUT2D eigenvalue weighted by Crippen LogP contribution is 2.50. The maximum absolute atomic E-state index is 14.1. The number of nitrogens with zero attached hydrogens (tertiary/aromatic N) is 2. The van der Waals surface area contributed by atoms with E-state index in [0.717, 1.165) is 41.5 Å². The minimum absolute atomic E-state index is 0.0469. The SMILES string of the molecule is CCCN(CCC)C(=O)c1cc(C)cc(C(=O)N(CCc2cc(F)cc(Cl)c2)C[C@H](O)CN[C@H]2CS(O)(O)Cc3ccc(CC)cc32)c1. The zero-order valence-electron chi connectivity index (χ0n) is 28.3. The number of aliphatic hydroxyl groups excluding tert-OH is 1. The number of hydrogen-bond acceptors (Lipinski definition) is 6. The summed E-state index contributed by atoms with van der Waals surface area (Å²) in [6.07, 6.45) is 1.75. The second-order valence-corrected chi connectivity index (χ2v) is 15.4. The molecule has 0 saturated heterocycles. The smallest absolute Gasteiger partial charge is 0.253 e. The number of amides is 2. The Hall–Kier alpha value is -2.99. The van der Waals surface area contributed by atoms with Crippen LogP contribution in [0.3, 0.4) is 0 Å². The Balaban J connectivity index is 1.56. The van der Waals surface area contributed by atoms with E-state index < -0.39 is 22.5 Å². The summed E-state index contributed by atoms with van der Waals surface area (Å²) >= 11 is 6.09. The van der Waals surface area contributed by atoms with Crippen LogP contribution >= 0.6 is 22.2 Å². The van der Waals surface area contributed by atoms with Crippen molar-refractivity contribution in [2.75, 3.05) is 38.5 Å². The average molecular weight is 702 g/mol. The maximum Gasteiger partial charge on any atom is 0.253 e. The fourth-order valence-electron chi connectivity index (χ4n) is 6.30. The van der Waals surface area contributed by atoms with Gasteiger partial charge in [0, 0.05) is 48.9 Å². The molecule has 11 heteroatoms. The van der Waals surface area contributed by atoms with E-state index in [0.29, 0.717) is 36.2 Å². The molecule has 8 nitrogen and oxygen atoms in total. The standard InChI is InChI=1S/C37H49ClFN3O5S/c1-5-11-41(12-6-2)36(44)29-14-25(4)15-30(19-29)37(45)42(13-10-27-16-31(38)20-32(39)17-27)22-33(43)21-40-35-24-48(46,47)23-28-9-8-26(7-3)18-34(28)35/h8-9,14-20,33,35,40,43,46-47H,5-7,10-13,21-24H2,1-4H3/t33-,35+/m1/s1. The Kier molecular flexibility index (Phi) is 13.5. The van der Waals surface area contributed by atoms with Gasteiger partial charge >= 0.3 is 0 Å². The first-order valence-corrected chi connectivity index (χ1v) is 19.0. The lowest BCUT2D eigenvalue weighted by Crippen LogP contribution is -2.44. The summed E-state index contributed by atoms with van der Waals surface area (Å²) in [4.78, 5) is 30.9. The van der Waals surface area contributed by atoms with Crippen molar-refractivity contribution in [2.45, 2.75) is 71.3 Å². The largest absolute Gasteiger partial charge is 0.390 e. The molecule has 0 radical (unpaired) electrons. The zero-order chi connectivity index (χ0) is 35.0. The Morgan fingerprint density at radius 2 is 1.60 bits per heavy atom. The van der Waals surface area contributed by atoms with Crippen LogP contribution in [-0.2, 0) is 18.6 Å². The Morgan fingerprint density at radius 1 is 0.938 bits per heavy atom. The average Bonchev–Trinajstić information content (AvgIpc) is 3.03. The molecule has 0 spiro atoms. The van der Waals surface area contributed by atoms with E-state index in [9.17, 15) is 28.2 Å². The van der Waals surface area contributed by atoms with Gasteiger partial charge in [-0.25, -0.2) is 4.39 Å². The molecule has 4 N–H and O–H groups in total. The quantitative estimate of drug-likeness (QED) is 0.133. The van der Waals surface area contributed by atoms with Crippen molar-refractivity contribution in [3.63, 3.8) is 0 Å². The molecule has 0 aromatic heterocycles. The lowest BCUT2D eigenvalue weighted by atomic mass is 9.98. The summed E-state index contributed by atoms with van der Waals surface area (Å²) in [5, 5.41) is 14.9. The third-order valence-corrected chi connectivity index (χ3v) is 10.4. The van der Waals surface area contributed by atoms with Crippen LogP contribution in [0.2, 0.25) is 5.02 Å². The van der Waals surface area contributed by atoms with Gasteiger partial charge in [0.05, 0.1) is 23.7 Å². The molecular formula is C37H49ClFN3O5S. The molecule has 0 aliphatic carbocycles. The highest BCUT2D eigenvalue weighted by molar-refractivity contribution is 8.23. The molecule has 0 unspecified atom stereocenters. The summed E-state index contributed by atoms with van der Waals surface area (Å²) in [5.74, 6) is -0.635. The van der Waals surface area contributed by atoms with Gasteiger partial charge in [0.2, 0.25) is 0 Å². The molecule has 4 rings (SSSR count). The molecule has 262 valence electrons. The minimum Gasteiger partial charge on any atom is -0.390 e. The van der Waals surface area contributed by atoms with E-state index in [-0.39, 0.29) is 54.0 Å². The molecule has 2 amide bonds. The van der Waals surface area contributed by atoms with Gasteiger partial charge in [-0.05, 0) is 96.8 Å². The summed E-state index contributed by atoms with van der Waals surface area (Å²) in [6.45, 7) is 9.38. The second kappa shape index (κ2) is 17.1. The van der Waals surface area contributed by atoms with Gasteiger partial charge in [-0.2, -0.15) is 10.6 Å². The Morgan fingerprint density at radius 3 is 2.23 bits per heavy atom. The molecule has 3 aromatic carbocycles. The predicted molar refractivity (Wildman–Crippen MR) is 193 cm³/mol. The van der Waals surface area contributed by atoms with Crippen LogP contribution in [0.1, 0.15) is 88.2 Å². The summed E-state index contributed by atoms with van der Waals surface area (Å²) in [6, 6.07) is 15.0. The van der Waals surface area contributed by atoms with Gasteiger partial charge in [0.15, 0.2) is 0 Å². The Labute approximate surface area is 290 Å². The van der Waals surface area contributed by atoms with E-state index in [1.165, 1.54) is 17.0 Å². The molecule has 48 heavy (non-hydrogen) atoms. The van der Waals surface area contributed by atoms with Gasteiger partial charge in [0.25, 0.3) is 11.8 Å². The van der Waals surface area contributed by atoms with Crippen LogP contribution in [0, 0.1) is 12.7 Å². The number of benzene rings is 3. The number of aliphatic hydroxyl groups is 1. The van der Waals surface area contributed by atoms with Crippen molar-refractivity contribution in [3.05, 3.63) is 104 Å². The van der Waals surface area contributed by atoms with Crippen molar-refractivity contribution in [1.29, 1.82) is 0 Å². The monoisotopic (exact) mass is 701 g/mol. The number of halogens is 2. The lowest BCUT2D eigenvalue weighted by molar-refractivity contribution is 0.0621. The number of carbonyl (C=O) groups excluding carboxylic acids is 2. The number of hydrogen-bond donors (Lipinski definition) is 4. The number of fused-ring (bicyclic) bond motifs is 1. The van der Waals surface area contributed by atoms with Crippen molar-refractivity contribution in [3.8, 4) is 0 Å². The number of rotatable bonds is 15. The van der Waals surface area contributed by atoms with E-state index in [1.807, 2.05) is 32.9 Å². The van der Waals surface area contributed by atoms with Crippen LogP contribution < -0.4 is 5.32 Å². The molecular weight excluding hydrogens is 653 g/mol. The third-order valence-electron chi connectivity index (χ3n) is 8.57. The summed E-state index contributed by atoms with van der Waals surface area (Å²) < 4.78 is 35.4. The highest BCUT2D eigenvalue weighted by Gasteiger charge is 2.31. The van der Waals surface area contributed by atoms with Crippen molar-refractivity contribution in [1.82, 2.24) is 15.1 Å². The van der Waals surface area contributed by atoms with Gasteiger partial charge in [-0.3, -0.25) is 18.7 Å². The van der Waals surface area contributed by atoms with Gasteiger partial charge in [-0.15, -0.1) is 0 Å². The van der Waals surface area contributed by atoms with Crippen LogP contribution in [-0.4, -0.2) is 80.4 Å². The first-order valence-electron chi connectivity index (χ1n) is 16.7. The van der Waals surface area contributed by atoms with Crippen molar-refractivity contribution >= 4 is 34.0 Å². The zero-order valence-corrected chi connectivity index (χ0v) is 29.9. The minimum atomic E-state index is -2.84. The van der Waals surface area contributed by atoms with Crippen molar-refractivity contribution < 1.29 is 28.2 Å². The van der Waals surface area contributed by atoms with E-state index in [1.54, 1.807) is 29.2 Å². The number of carbonyl (C=O) groups is 2. The van der Waals surface area contributed by atoms with Gasteiger partial charge in [-0.1, -0.05) is 50.6 Å². The number of nitrogens with one attached hydrogen (secondary N) is 1. The van der Waals surface area contributed by atoms with Crippen LogP contribution in [0.4, 0.5) is 4.39 Å². The maximum atomic E-state index is 14.1. The fourth-order valence-corrected chi connectivity index (χ4v) is 8.25. The Bertz CT molecular complexity index is 1560. The third kappa shape index (κ3) is 10.3. The van der Waals surface area contributed by atoms with E-state index >= 15 is 0 Å². The molecule has 1 aliphatic heterocycles. The fraction of sp³-hybridized carbons (Fsp3) is 0.459. The molecule has 1 aliphatic rings. The molecule has 1 heterocycles. The lowest BCUT2D eigenvalue weighted by Gasteiger charge is -2.42. The van der Waals surface area contributed by atoms with Crippen LogP contribution in [0.5, 0.6) is 0 Å². The van der Waals surface area contributed by atoms with Gasteiger partial charge < -0.3 is 20.2 Å². The molecule has 0 saturated carbocycles. The molecule has 3 aromatic rings. The first kappa shape index (κ1) is 37.8. The topological polar surface area (TPSA) is 113 Å². The first-order chi connectivity index (χ1) is 22.8. The van der Waals surface area contributed by atoms with E-state index in [2.05, 4.69) is 18.3 Å².